The number of ketones is 1. The first-order valence-electron chi connectivity index (χ1n) is 5.39. The maximum atomic E-state index is 12.1. The number of hydrogen-bond donors (Lipinski definition) is 0. The molecule has 96 valence electrons. The van der Waals surface area contributed by atoms with Crippen molar-refractivity contribution in [2.45, 2.75) is 27.3 Å². The summed E-state index contributed by atoms with van der Waals surface area (Å²) < 4.78 is 0. The van der Waals surface area contributed by atoms with Crippen LogP contribution in [0.25, 0.3) is 0 Å². The zero-order chi connectivity index (χ0) is 12.3. The summed E-state index contributed by atoms with van der Waals surface area (Å²) in [5.74, 6) is 0.235. The Morgan fingerprint density at radius 2 is 1.88 bits per heavy atom. The third-order valence-corrected chi connectivity index (χ3v) is 2.75. The second kappa shape index (κ2) is 6.77. The van der Waals surface area contributed by atoms with E-state index in [0.717, 1.165) is 5.56 Å². The van der Waals surface area contributed by atoms with Crippen LogP contribution in [0, 0.1) is 5.92 Å². The van der Waals surface area contributed by atoms with Crippen LogP contribution in [-0.2, 0) is 4.79 Å². The summed E-state index contributed by atoms with van der Waals surface area (Å²) in [5, 5.41) is 0.668. The van der Waals surface area contributed by atoms with Gasteiger partial charge in [-0.1, -0.05) is 45.0 Å². The van der Waals surface area contributed by atoms with Gasteiger partial charge in [-0.3, -0.25) is 9.69 Å². The lowest BCUT2D eigenvalue weighted by molar-refractivity contribution is -0.126. The highest BCUT2D eigenvalue weighted by Crippen LogP contribution is 2.24. The van der Waals surface area contributed by atoms with Crippen molar-refractivity contribution >= 4 is 17.4 Å². The van der Waals surface area contributed by atoms with Gasteiger partial charge in [0.2, 0.25) is 0 Å². The van der Waals surface area contributed by atoms with Crippen LogP contribution in [0.5, 0.6) is 0 Å². The van der Waals surface area contributed by atoms with Gasteiger partial charge in [-0.05, 0) is 31.8 Å². The normalized spacial score (nSPS) is 12.4. The van der Waals surface area contributed by atoms with Gasteiger partial charge in [-0.2, -0.15) is 0 Å². The van der Waals surface area contributed by atoms with Gasteiger partial charge >= 0.3 is 0 Å². The number of likely N-dealkylation sites (N-methyl/N-ethyl adjacent to an activating group) is 1. The number of carbonyl (C=O) groups excluding carboxylic acids is 1. The summed E-state index contributed by atoms with van der Waals surface area (Å²) in [6.07, 6.45) is 0. The summed E-state index contributed by atoms with van der Waals surface area (Å²) >= 11 is 5.95. The molecule has 1 rings (SSSR count). The first-order chi connectivity index (χ1) is 7.43. The Labute approximate surface area is 110 Å². The van der Waals surface area contributed by atoms with Crippen molar-refractivity contribution in [2.24, 2.45) is 5.92 Å². The third kappa shape index (κ3) is 4.14. The second-order valence-corrected chi connectivity index (χ2v) is 4.91. The molecule has 0 aliphatic rings. The minimum atomic E-state index is -0.210. The molecule has 3 heteroatoms. The molecule has 0 aliphatic heterocycles. The molecule has 0 amide bonds. The summed E-state index contributed by atoms with van der Waals surface area (Å²) in [6.45, 7) is 3.84. The number of nitrogens with zero attached hydrogens (tertiary/aromatic N) is 1. The van der Waals surface area contributed by atoms with Crippen molar-refractivity contribution in [3.05, 3.63) is 34.9 Å². The van der Waals surface area contributed by atoms with E-state index in [2.05, 4.69) is 0 Å². The Bertz CT molecular complexity index is 374. The number of hydrogen-bond acceptors (Lipinski definition) is 2. The van der Waals surface area contributed by atoms with Crippen molar-refractivity contribution in [1.82, 2.24) is 4.90 Å². The van der Waals surface area contributed by atoms with Gasteiger partial charge in [0.1, 0.15) is 0 Å². The first kappa shape index (κ1) is 16.1. The first-order valence-corrected chi connectivity index (χ1v) is 5.77. The van der Waals surface area contributed by atoms with E-state index in [1.807, 2.05) is 57.1 Å². The number of halogens is 1. The molecule has 0 spiro atoms. The molecule has 0 saturated heterocycles. The minimum Gasteiger partial charge on any atom is -0.297 e. The predicted octanol–water partition coefficient (Wildman–Crippen LogP) is 3.80. The van der Waals surface area contributed by atoms with Crippen LogP contribution in [0.2, 0.25) is 5.02 Å². The van der Waals surface area contributed by atoms with E-state index >= 15 is 0 Å². The van der Waals surface area contributed by atoms with E-state index in [1.165, 1.54) is 0 Å². The predicted molar refractivity (Wildman–Crippen MR) is 74.5 cm³/mol. The fourth-order valence-corrected chi connectivity index (χ4v) is 1.91. The molecular weight excluding hydrogens is 234 g/mol. The lowest BCUT2D eigenvalue weighted by Crippen LogP contribution is -2.30. The molecule has 0 N–H and O–H groups in total. The molecule has 0 saturated carbocycles. The lowest BCUT2D eigenvalue weighted by Gasteiger charge is -2.25. The lowest BCUT2D eigenvalue weighted by atomic mass is 9.95. The minimum absolute atomic E-state index is 0. The van der Waals surface area contributed by atoms with Crippen LogP contribution in [-0.4, -0.2) is 24.8 Å². The Morgan fingerprint density at radius 3 is 2.29 bits per heavy atom. The number of rotatable bonds is 4. The van der Waals surface area contributed by atoms with Crippen molar-refractivity contribution in [1.29, 1.82) is 0 Å². The van der Waals surface area contributed by atoms with Crippen molar-refractivity contribution in [3.63, 3.8) is 0 Å². The molecule has 0 fully saturated rings. The van der Waals surface area contributed by atoms with Crippen molar-refractivity contribution in [2.75, 3.05) is 14.1 Å². The maximum Gasteiger partial charge on any atom is 0.156 e. The van der Waals surface area contributed by atoms with Crippen LogP contribution >= 0.6 is 11.6 Å². The second-order valence-electron chi connectivity index (χ2n) is 4.48. The zero-order valence-electron chi connectivity index (χ0n) is 10.2. The Morgan fingerprint density at radius 1 is 1.29 bits per heavy atom. The number of Topliss-reactive ketones (excluding diaryl/α,β-unsaturated/α-hetero) is 1. The van der Waals surface area contributed by atoms with E-state index < -0.39 is 0 Å². The van der Waals surface area contributed by atoms with E-state index in [1.54, 1.807) is 0 Å². The SMILES string of the molecule is C.CC(C)C(=O)C(c1cccc(Cl)c1)N(C)C. The van der Waals surface area contributed by atoms with E-state index in [9.17, 15) is 4.79 Å². The molecule has 1 atom stereocenters. The quantitative estimate of drug-likeness (QED) is 0.816. The van der Waals surface area contributed by atoms with Crippen molar-refractivity contribution < 1.29 is 4.79 Å². The van der Waals surface area contributed by atoms with Gasteiger partial charge < -0.3 is 0 Å². The van der Waals surface area contributed by atoms with Crippen molar-refractivity contribution in [3.8, 4) is 0 Å². The van der Waals surface area contributed by atoms with Crippen LogP contribution < -0.4 is 0 Å². The summed E-state index contributed by atoms with van der Waals surface area (Å²) in [4.78, 5) is 14.0. The van der Waals surface area contributed by atoms with Gasteiger partial charge in [-0.15, -0.1) is 0 Å². The molecule has 0 radical (unpaired) electrons. The van der Waals surface area contributed by atoms with E-state index in [0.29, 0.717) is 5.02 Å². The fraction of sp³-hybridized carbons (Fsp3) is 0.500. The molecule has 0 aliphatic carbocycles. The smallest absolute Gasteiger partial charge is 0.156 e. The van der Waals surface area contributed by atoms with Crippen LogP contribution in [0.3, 0.4) is 0 Å². The van der Waals surface area contributed by atoms with E-state index in [-0.39, 0.29) is 25.2 Å². The molecule has 0 aromatic heterocycles. The molecule has 0 heterocycles. The summed E-state index contributed by atoms with van der Waals surface area (Å²) in [7, 11) is 3.82. The van der Waals surface area contributed by atoms with Gasteiger partial charge in [0.25, 0.3) is 0 Å². The van der Waals surface area contributed by atoms with Crippen LogP contribution in [0.15, 0.2) is 24.3 Å². The standard InChI is InChI=1S/C13H18ClNO.CH4/c1-9(2)13(16)12(15(3)4)10-6-5-7-11(14)8-10;/h5-9,12H,1-4H3;1H4. The van der Waals surface area contributed by atoms with Crippen LogP contribution in [0.4, 0.5) is 0 Å². The molecule has 1 unspecified atom stereocenters. The van der Waals surface area contributed by atoms with Gasteiger partial charge in [0.05, 0.1) is 6.04 Å². The number of benzene rings is 1. The molecule has 1 aromatic carbocycles. The largest absolute Gasteiger partial charge is 0.297 e. The van der Waals surface area contributed by atoms with Gasteiger partial charge in [0, 0.05) is 10.9 Å². The highest BCUT2D eigenvalue weighted by Gasteiger charge is 2.24. The third-order valence-electron chi connectivity index (χ3n) is 2.52. The Hall–Kier alpha value is -0.860. The molecule has 17 heavy (non-hydrogen) atoms. The average Bonchev–Trinajstić information content (AvgIpc) is 2.17. The molecule has 2 nitrogen and oxygen atoms in total. The molecule has 1 aromatic rings. The Kier molecular flexibility index (Phi) is 6.43. The van der Waals surface area contributed by atoms with Crippen LogP contribution in [0.1, 0.15) is 32.9 Å². The summed E-state index contributed by atoms with van der Waals surface area (Å²) in [6, 6.07) is 7.28. The van der Waals surface area contributed by atoms with Gasteiger partial charge in [0.15, 0.2) is 5.78 Å². The number of carbonyl (C=O) groups is 1. The highest BCUT2D eigenvalue weighted by molar-refractivity contribution is 6.30. The monoisotopic (exact) mass is 255 g/mol. The summed E-state index contributed by atoms with van der Waals surface area (Å²) in [5.41, 5.74) is 0.955. The molecule has 0 bridgehead atoms. The highest BCUT2D eigenvalue weighted by atomic mass is 35.5. The maximum absolute atomic E-state index is 12.1. The molecular formula is C14H22ClNO. The average molecular weight is 256 g/mol. The van der Waals surface area contributed by atoms with E-state index in [4.69, 9.17) is 11.6 Å². The topological polar surface area (TPSA) is 20.3 Å². The zero-order valence-corrected chi connectivity index (χ0v) is 11.0. The fourth-order valence-electron chi connectivity index (χ4n) is 1.71. The van der Waals surface area contributed by atoms with Gasteiger partial charge in [-0.25, -0.2) is 0 Å². The Balaban J connectivity index is 0.00000256.